The maximum absolute atomic E-state index is 13.1. The molecule has 0 spiro atoms. The van der Waals surface area contributed by atoms with E-state index in [4.69, 9.17) is 28.2 Å². The molecule has 1 fully saturated rings. The fourth-order valence-electron chi connectivity index (χ4n) is 3.09. The molecule has 1 aromatic heterocycles. The van der Waals surface area contributed by atoms with Crippen molar-refractivity contribution in [3.8, 4) is 0 Å². The van der Waals surface area contributed by atoms with E-state index in [-0.39, 0.29) is 17.6 Å². The molecule has 6 nitrogen and oxygen atoms in total. The van der Waals surface area contributed by atoms with Gasteiger partial charge in [0, 0.05) is 17.5 Å². The van der Waals surface area contributed by atoms with Crippen molar-refractivity contribution in [1.82, 2.24) is 21.1 Å². The predicted octanol–water partition coefficient (Wildman–Crippen LogP) is 2.98. The molecule has 150 valence electrons. The van der Waals surface area contributed by atoms with E-state index < -0.39 is 0 Å². The average Bonchev–Trinajstić information content (AvgIpc) is 3.21. The Morgan fingerprint density at radius 1 is 1.29 bits per heavy atom. The quantitative estimate of drug-likeness (QED) is 0.506. The lowest BCUT2D eigenvalue weighted by Crippen LogP contribution is -2.50. The number of likely N-dealkylation sites (tertiary alicyclic amines) is 1. The summed E-state index contributed by atoms with van der Waals surface area (Å²) in [6, 6.07) is 8.07. The lowest BCUT2D eigenvalue weighted by atomic mass is 9.96. The molecule has 1 aliphatic rings. The van der Waals surface area contributed by atoms with Crippen LogP contribution < -0.4 is 16.2 Å². The second-order valence-electron chi connectivity index (χ2n) is 6.66. The largest absolute Gasteiger partial charge is 0.467 e. The van der Waals surface area contributed by atoms with Crippen molar-refractivity contribution in [3.63, 3.8) is 0 Å². The molecule has 3 rings (SSSR count). The number of hydrogen-bond acceptors (Lipinski definition) is 4. The molecular weight excluding hydrogens is 403 g/mol. The third kappa shape index (κ3) is 5.92. The number of nitrogens with zero attached hydrogens (tertiary/aromatic N) is 1. The number of rotatable bonds is 5. The summed E-state index contributed by atoms with van der Waals surface area (Å²) in [6.07, 6.45) is 3.06. The normalized spacial score (nSPS) is 15.2. The van der Waals surface area contributed by atoms with Crippen LogP contribution in [0.2, 0.25) is 5.02 Å². The summed E-state index contributed by atoms with van der Waals surface area (Å²) in [4.78, 5) is 14.5. The Hall–Kier alpha value is -2.16. The highest BCUT2D eigenvalue weighted by molar-refractivity contribution is 7.80. The summed E-state index contributed by atoms with van der Waals surface area (Å²) in [5.74, 6) is 0.249. The molecule has 2 heterocycles. The van der Waals surface area contributed by atoms with Crippen LogP contribution in [0.5, 0.6) is 0 Å². The summed E-state index contributed by atoms with van der Waals surface area (Å²) in [5, 5.41) is 3.71. The second kappa shape index (κ2) is 9.86. The third-order valence-corrected chi connectivity index (χ3v) is 5.27. The molecule has 0 saturated carbocycles. The number of furan rings is 1. The van der Waals surface area contributed by atoms with E-state index in [0.717, 1.165) is 37.3 Å². The number of piperidine rings is 1. The second-order valence-corrected chi connectivity index (χ2v) is 7.48. The molecule has 1 amide bonds. The molecule has 2 aromatic rings. The smallest absolute Gasteiger partial charge is 0.241 e. The van der Waals surface area contributed by atoms with Gasteiger partial charge >= 0.3 is 0 Å². The summed E-state index contributed by atoms with van der Waals surface area (Å²) >= 11 is 11.2. The molecule has 1 aromatic carbocycles. The first-order chi connectivity index (χ1) is 13.5. The van der Waals surface area contributed by atoms with E-state index in [1.807, 2.05) is 6.07 Å². The van der Waals surface area contributed by atoms with Crippen LogP contribution in [0.15, 0.2) is 41.0 Å². The van der Waals surface area contributed by atoms with Crippen molar-refractivity contribution in [2.75, 3.05) is 13.1 Å². The van der Waals surface area contributed by atoms with Crippen LogP contribution in [0, 0.1) is 11.7 Å². The topological polar surface area (TPSA) is 69.5 Å². The predicted molar refractivity (Wildman–Crippen MR) is 109 cm³/mol. The zero-order valence-electron chi connectivity index (χ0n) is 15.2. The highest BCUT2D eigenvalue weighted by Crippen LogP contribution is 2.23. The van der Waals surface area contributed by atoms with Gasteiger partial charge < -0.3 is 9.73 Å². The molecule has 0 radical (unpaired) electrons. The van der Waals surface area contributed by atoms with Gasteiger partial charge in [-0.3, -0.25) is 20.5 Å². The number of thiocarbonyl (C=S) groups is 1. The number of nitrogens with one attached hydrogen (secondary N) is 3. The molecule has 0 atom stereocenters. The summed E-state index contributed by atoms with van der Waals surface area (Å²) < 4.78 is 18.4. The number of benzene rings is 1. The van der Waals surface area contributed by atoms with Crippen molar-refractivity contribution >= 4 is 34.8 Å². The Morgan fingerprint density at radius 3 is 2.75 bits per heavy atom. The Balaban J connectivity index is 1.37. The maximum Gasteiger partial charge on any atom is 0.241 e. The van der Waals surface area contributed by atoms with Gasteiger partial charge in [-0.2, -0.15) is 0 Å². The molecule has 1 aliphatic heterocycles. The van der Waals surface area contributed by atoms with Crippen molar-refractivity contribution < 1.29 is 13.6 Å². The van der Waals surface area contributed by atoms with Gasteiger partial charge in [-0.25, -0.2) is 4.39 Å². The first-order valence-corrected chi connectivity index (χ1v) is 9.82. The van der Waals surface area contributed by atoms with Gasteiger partial charge in [0.05, 0.1) is 12.8 Å². The molecule has 0 bridgehead atoms. The van der Waals surface area contributed by atoms with Gasteiger partial charge in [0.1, 0.15) is 11.6 Å². The van der Waals surface area contributed by atoms with E-state index in [2.05, 4.69) is 21.1 Å². The van der Waals surface area contributed by atoms with Crippen LogP contribution in [0.25, 0.3) is 0 Å². The standard InChI is InChI=1S/C19H22ClFN4O2S/c20-17-10-15(21)4-3-14(17)12-25-7-5-13(6-8-25)18(26)23-24-19(28)22-11-16-2-1-9-27-16/h1-4,9-10,13H,5-8,11-12H2,(H,23,26)(H2,22,24,28). The summed E-state index contributed by atoms with van der Waals surface area (Å²) in [6.45, 7) is 2.63. The van der Waals surface area contributed by atoms with Crippen LogP contribution in [-0.4, -0.2) is 29.0 Å². The van der Waals surface area contributed by atoms with Crippen LogP contribution >= 0.6 is 23.8 Å². The van der Waals surface area contributed by atoms with Crippen LogP contribution in [0.3, 0.4) is 0 Å². The van der Waals surface area contributed by atoms with E-state index in [0.29, 0.717) is 23.2 Å². The minimum absolute atomic E-state index is 0.0818. The van der Waals surface area contributed by atoms with Crippen molar-refractivity contribution in [2.45, 2.75) is 25.9 Å². The molecule has 3 N–H and O–H groups in total. The van der Waals surface area contributed by atoms with Gasteiger partial charge in [0.25, 0.3) is 0 Å². The zero-order chi connectivity index (χ0) is 19.9. The number of carbonyl (C=O) groups excluding carboxylic acids is 1. The van der Waals surface area contributed by atoms with Gasteiger partial charge in [0.2, 0.25) is 5.91 Å². The molecule has 0 aliphatic carbocycles. The minimum atomic E-state index is -0.340. The number of hydrazine groups is 1. The van der Waals surface area contributed by atoms with Crippen molar-refractivity contribution in [3.05, 3.63) is 58.8 Å². The molecule has 0 unspecified atom stereocenters. The highest BCUT2D eigenvalue weighted by atomic mass is 35.5. The number of halogens is 2. The minimum Gasteiger partial charge on any atom is -0.467 e. The Bertz CT molecular complexity index is 810. The van der Waals surface area contributed by atoms with Gasteiger partial charge in [-0.15, -0.1) is 0 Å². The molecular formula is C19H22ClFN4O2S. The summed E-state index contributed by atoms with van der Waals surface area (Å²) in [5.41, 5.74) is 6.27. The first-order valence-electron chi connectivity index (χ1n) is 9.03. The lowest BCUT2D eigenvalue weighted by Gasteiger charge is -2.31. The van der Waals surface area contributed by atoms with Crippen molar-refractivity contribution in [2.24, 2.45) is 5.92 Å². The Morgan fingerprint density at radius 2 is 2.07 bits per heavy atom. The third-order valence-electron chi connectivity index (χ3n) is 4.67. The number of carbonyl (C=O) groups is 1. The van der Waals surface area contributed by atoms with E-state index in [1.54, 1.807) is 18.4 Å². The van der Waals surface area contributed by atoms with Crippen LogP contribution in [0.4, 0.5) is 4.39 Å². The van der Waals surface area contributed by atoms with E-state index in [9.17, 15) is 9.18 Å². The molecule has 1 saturated heterocycles. The zero-order valence-corrected chi connectivity index (χ0v) is 16.8. The van der Waals surface area contributed by atoms with Crippen LogP contribution in [0.1, 0.15) is 24.2 Å². The highest BCUT2D eigenvalue weighted by Gasteiger charge is 2.25. The molecule has 28 heavy (non-hydrogen) atoms. The van der Waals surface area contributed by atoms with Gasteiger partial charge in [-0.05, 0) is 68.0 Å². The van der Waals surface area contributed by atoms with Crippen LogP contribution in [-0.2, 0) is 17.9 Å². The number of amides is 1. The van der Waals surface area contributed by atoms with Gasteiger partial charge in [-0.1, -0.05) is 17.7 Å². The first kappa shape index (κ1) is 20.6. The van der Waals surface area contributed by atoms with Gasteiger partial charge in [0.15, 0.2) is 5.11 Å². The van der Waals surface area contributed by atoms with Crippen molar-refractivity contribution in [1.29, 1.82) is 0 Å². The Kier molecular flexibility index (Phi) is 7.24. The van der Waals surface area contributed by atoms with E-state index in [1.165, 1.54) is 12.1 Å². The average molecular weight is 425 g/mol. The Labute approximate surface area is 173 Å². The number of hydrogen-bond donors (Lipinski definition) is 3. The van der Waals surface area contributed by atoms with E-state index >= 15 is 0 Å². The monoisotopic (exact) mass is 424 g/mol. The molecule has 9 heteroatoms. The lowest BCUT2D eigenvalue weighted by molar-refractivity contribution is -0.127. The summed E-state index contributed by atoms with van der Waals surface area (Å²) in [7, 11) is 0. The fraction of sp³-hybridized carbons (Fsp3) is 0.368. The maximum atomic E-state index is 13.1. The SMILES string of the molecule is O=C(NNC(=S)NCc1ccco1)C1CCN(Cc2ccc(F)cc2Cl)CC1. The fourth-order valence-corrected chi connectivity index (χ4v) is 3.44.